The quantitative estimate of drug-likeness (QED) is 0.209. The maximum absolute atomic E-state index is 13.5. The van der Waals surface area contributed by atoms with Crippen molar-refractivity contribution in [1.82, 2.24) is 9.97 Å². The van der Waals surface area contributed by atoms with Crippen molar-refractivity contribution in [3.63, 3.8) is 0 Å². The number of fused-ring (bicyclic) bond motifs is 2. The second kappa shape index (κ2) is 12.1. The fraction of sp³-hybridized carbons (Fsp3) is 0.0606. The van der Waals surface area contributed by atoms with Gasteiger partial charge in [-0.3, -0.25) is 4.79 Å². The highest BCUT2D eigenvalue weighted by atomic mass is 35.5. The highest BCUT2D eigenvalue weighted by Crippen LogP contribution is 2.33. The van der Waals surface area contributed by atoms with Gasteiger partial charge in [-0.05, 0) is 67.6 Å². The minimum atomic E-state index is -0.726. The minimum absolute atomic E-state index is 0.336. The number of aliphatic hydroxyl groups excluding tert-OH is 1. The minimum Gasteiger partial charge on any atom is -0.389 e. The van der Waals surface area contributed by atoms with Crippen molar-refractivity contribution in [2.24, 2.45) is 0 Å². The van der Waals surface area contributed by atoms with Crippen LogP contribution in [0.1, 0.15) is 28.9 Å². The third-order valence-electron chi connectivity index (χ3n) is 6.44. The van der Waals surface area contributed by atoms with Gasteiger partial charge >= 0.3 is 0 Å². The predicted molar refractivity (Wildman–Crippen MR) is 160 cm³/mol. The van der Waals surface area contributed by atoms with Gasteiger partial charge in [0.05, 0.1) is 28.5 Å². The zero-order valence-electron chi connectivity index (χ0n) is 21.7. The smallest absolute Gasteiger partial charge is 0.152 e. The molecule has 8 heteroatoms. The zero-order chi connectivity index (χ0) is 29.1. The molecule has 4 aromatic carbocycles. The van der Waals surface area contributed by atoms with Crippen LogP contribution in [0.3, 0.4) is 0 Å². The summed E-state index contributed by atoms with van der Waals surface area (Å²) < 4.78 is 26.8. The van der Waals surface area contributed by atoms with Gasteiger partial charge in [0.1, 0.15) is 11.6 Å². The zero-order valence-corrected chi connectivity index (χ0v) is 23.2. The number of aliphatic hydroxyl groups is 1. The van der Waals surface area contributed by atoms with Crippen molar-refractivity contribution in [2.45, 2.75) is 13.0 Å². The molecular weight excluding hydrogens is 565 g/mol. The molecule has 0 aliphatic carbocycles. The van der Waals surface area contributed by atoms with E-state index in [-0.39, 0.29) is 11.6 Å². The number of pyridine rings is 2. The number of carbonyl (C=O) groups is 1. The van der Waals surface area contributed by atoms with E-state index in [4.69, 9.17) is 23.2 Å². The SMILES string of the molecule is CC(O)c1cc2c(Cl)cccc2nc1-c1cccc(F)c1.O=Cc1cc2c(Cl)cccc2nc1-c1cccc(F)c1. The number of halogens is 4. The highest BCUT2D eigenvalue weighted by molar-refractivity contribution is 6.35. The number of hydrogen-bond donors (Lipinski definition) is 1. The molecule has 0 radical (unpaired) electrons. The van der Waals surface area contributed by atoms with Gasteiger partial charge in [-0.1, -0.05) is 59.6 Å². The first-order valence-electron chi connectivity index (χ1n) is 12.6. The Morgan fingerprint density at radius 3 is 1.71 bits per heavy atom. The van der Waals surface area contributed by atoms with Crippen molar-refractivity contribution in [2.75, 3.05) is 0 Å². The Labute approximate surface area is 244 Å². The molecule has 0 spiro atoms. The van der Waals surface area contributed by atoms with Gasteiger partial charge < -0.3 is 5.11 Å². The number of benzene rings is 4. The monoisotopic (exact) mass is 586 g/mol. The average molecular weight is 587 g/mol. The average Bonchev–Trinajstić information content (AvgIpc) is 2.96. The van der Waals surface area contributed by atoms with Crippen LogP contribution in [-0.2, 0) is 0 Å². The molecule has 41 heavy (non-hydrogen) atoms. The summed E-state index contributed by atoms with van der Waals surface area (Å²) in [4.78, 5) is 20.3. The predicted octanol–water partition coefficient (Wildman–Crippen LogP) is 9.25. The highest BCUT2D eigenvalue weighted by Gasteiger charge is 2.15. The molecule has 0 saturated heterocycles. The van der Waals surface area contributed by atoms with Gasteiger partial charge in [-0.2, -0.15) is 0 Å². The summed E-state index contributed by atoms with van der Waals surface area (Å²) in [6.07, 6.45) is -0.0211. The van der Waals surface area contributed by atoms with E-state index < -0.39 is 6.10 Å². The van der Waals surface area contributed by atoms with Crippen molar-refractivity contribution >= 4 is 51.3 Å². The Morgan fingerprint density at radius 2 is 1.20 bits per heavy atom. The van der Waals surface area contributed by atoms with Crippen LogP contribution in [0, 0.1) is 11.6 Å². The molecule has 2 heterocycles. The normalized spacial score (nSPS) is 11.7. The van der Waals surface area contributed by atoms with E-state index in [0.29, 0.717) is 66.4 Å². The van der Waals surface area contributed by atoms with E-state index in [9.17, 15) is 18.7 Å². The number of rotatable bonds is 4. The summed E-state index contributed by atoms with van der Waals surface area (Å²) >= 11 is 12.3. The molecule has 6 aromatic rings. The molecule has 2 aromatic heterocycles. The fourth-order valence-electron chi connectivity index (χ4n) is 4.49. The maximum Gasteiger partial charge on any atom is 0.152 e. The lowest BCUT2D eigenvalue weighted by Gasteiger charge is -2.14. The standard InChI is InChI=1S/C17H13ClFNO.C16H9ClFNO/c1-10(21)13-9-14-15(18)6-3-7-16(14)20-17(13)11-4-2-5-12(19)8-11;17-14-5-2-6-15-13(14)8-11(9-20)16(19-15)10-3-1-4-12(18)7-10/h2-10,21H,1H3;1-9H. The van der Waals surface area contributed by atoms with Crippen LogP contribution >= 0.6 is 23.2 Å². The van der Waals surface area contributed by atoms with Gasteiger partial charge in [0.15, 0.2) is 6.29 Å². The Balaban J connectivity index is 0.000000165. The summed E-state index contributed by atoms with van der Waals surface area (Å²) in [6.45, 7) is 1.66. The molecule has 4 nitrogen and oxygen atoms in total. The lowest BCUT2D eigenvalue weighted by Crippen LogP contribution is -1.99. The fourth-order valence-corrected chi connectivity index (χ4v) is 4.94. The van der Waals surface area contributed by atoms with Crippen molar-refractivity contribution < 1.29 is 18.7 Å². The summed E-state index contributed by atoms with van der Waals surface area (Å²) in [5.41, 5.74) is 4.61. The topological polar surface area (TPSA) is 63.1 Å². The molecule has 0 bridgehead atoms. The first kappa shape index (κ1) is 28.3. The number of aldehydes is 1. The van der Waals surface area contributed by atoms with Crippen LogP contribution in [0.25, 0.3) is 44.3 Å². The Bertz CT molecular complexity index is 1910. The Kier molecular flexibility index (Phi) is 8.36. The summed E-state index contributed by atoms with van der Waals surface area (Å²) in [5, 5.41) is 12.6. The molecule has 0 aliphatic rings. The van der Waals surface area contributed by atoms with Crippen molar-refractivity contribution in [3.05, 3.63) is 130 Å². The van der Waals surface area contributed by atoms with Crippen molar-refractivity contribution in [1.29, 1.82) is 0 Å². The summed E-state index contributed by atoms with van der Waals surface area (Å²) in [5.74, 6) is -0.704. The van der Waals surface area contributed by atoms with Gasteiger partial charge in [-0.25, -0.2) is 18.7 Å². The first-order chi connectivity index (χ1) is 19.7. The van der Waals surface area contributed by atoms with E-state index in [0.717, 1.165) is 5.39 Å². The van der Waals surface area contributed by atoms with Gasteiger partial charge in [0.25, 0.3) is 0 Å². The molecule has 0 aliphatic heterocycles. The van der Waals surface area contributed by atoms with Crippen LogP contribution in [0.4, 0.5) is 8.78 Å². The lowest BCUT2D eigenvalue weighted by atomic mass is 10.00. The molecule has 0 amide bonds. The van der Waals surface area contributed by atoms with Crippen LogP contribution in [0.5, 0.6) is 0 Å². The second-order valence-electron chi connectivity index (χ2n) is 9.28. The maximum atomic E-state index is 13.5. The lowest BCUT2D eigenvalue weighted by molar-refractivity contribution is 0.112. The van der Waals surface area contributed by atoms with E-state index in [2.05, 4.69) is 9.97 Å². The van der Waals surface area contributed by atoms with E-state index in [1.54, 1.807) is 61.5 Å². The van der Waals surface area contributed by atoms with Crippen LogP contribution in [-0.4, -0.2) is 21.4 Å². The third kappa shape index (κ3) is 6.10. The molecule has 0 fully saturated rings. The molecule has 1 unspecified atom stereocenters. The van der Waals surface area contributed by atoms with Crippen LogP contribution in [0.15, 0.2) is 97.1 Å². The van der Waals surface area contributed by atoms with Gasteiger partial charge in [0.2, 0.25) is 0 Å². The van der Waals surface area contributed by atoms with E-state index in [1.165, 1.54) is 24.3 Å². The van der Waals surface area contributed by atoms with Crippen LogP contribution < -0.4 is 0 Å². The Hall–Kier alpha value is -4.23. The summed E-state index contributed by atoms with van der Waals surface area (Å²) in [6, 6.07) is 26.4. The molecular formula is C33H22Cl2F2N2O2. The number of carbonyl (C=O) groups excluding carboxylic acids is 1. The van der Waals surface area contributed by atoms with E-state index >= 15 is 0 Å². The number of hydrogen-bond acceptors (Lipinski definition) is 4. The molecule has 6 rings (SSSR count). The van der Waals surface area contributed by atoms with Crippen molar-refractivity contribution in [3.8, 4) is 22.5 Å². The largest absolute Gasteiger partial charge is 0.389 e. The van der Waals surface area contributed by atoms with E-state index in [1.807, 2.05) is 18.2 Å². The van der Waals surface area contributed by atoms with Gasteiger partial charge in [-0.15, -0.1) is 0 Å². The second-order valence-corrected chi connectivity index (χ2v) is 10.1. The van der Waals surface area contributed by atoms with Gasteiger partial charge in [0, 0.05) is 43.1 Å². The Morgan fingerprint density at radius 1 is 0.707 bits per heavy atom. The number of aromatic nitrogens is 2. The molecule has 204 valence electrons. The molecule has 1 atom stereocenters. The number of nitrogens with zero attached hydrogens (tertiary/aromatic N) is 2. The molecule has 0 saturated carbocycles. The van der Waals surface area contributed by atoms with Crippen LogP contribution in [0.2, 0.25) is 10.0 Å². The first-order valence-corrected chi connectivity index (χ1v) is 13.3. The third-order valence-corrected chi connectivity index (χ3v) is 7.10. The summed E-state index contributed by atoms with van der Waals surface area (Å²) in [7, 11) is 0. The molecule has 1 N–H and O–H groups in total.